The lowest BCUT2D eigenvalue weighted by atomic mass is 10.1. The smallest absolute Gasteiger partial charge is 0.254 e. The van der Waals surface area contributed by atoms with Crippen molar-refractivity contribution in [3.8, 4) is 0 Å². The number of amides is 2. The lowest BCUT2D eigenvalue weighted by molar-refractivity contribution is -0.114. The van der Waals surface area contributed by atoms with Crippen molar-refractivity contribution in [2.75, 3.05) is 5.32 Å². The normalized spacial score (nSPS) is 13.4. The highest BCUT2D eigenvalue weighted by molar-refractivity contribution is 6.06. The number of benzene rings is 1. The fourth-order valence-electron chi connectivity index (χ4n) is 1.57. The molecule has 1 aliphatic rings. The summed E-state index contributed by atoms with van der Waals surface area (Å²) in [7, 11) is 0. The van der Waals surface area contributed by atoms with Crippen molar-refractivity contribution in [3.63, 3.8) is 0 Å². The molecule has 0 unspecified atom stereocenters. The van der Waals surface area contributed by atoms with Crippen molar-refractivity contribution in [1.29, 1.82) is 0 Å². The van der Waals surface area contributed by atoms with E-state index in [1.54, 1.807) is 6.07 Å². The van der Waals surface area contributed by atoms with E-state index in [1.807, 2.05) is 12.1 Å². The Morgan fingerprint density at radius 3 is 3.00 bits per heavy atom. The third-order valence-electron chi connectivity index (χ3n) is 2.13. The Morgan fingerprint density at radius 2 is 2.29 bits per heavy atom. The van der Waals surface area contributed by atoms with Crippen LogP contribution in [0.15, 0.2) is 18.2 Å². The molecule has 2 amide bonds. The van der Waals surface area contributed by atoms with Gasteiger partial charge in [-0.25, -0.2) is 0 Å². The quantitative estimate of drug-likeness (QED) is 0.690. The van der Waals surface area contributed by atoms with Gasteiger partial charge in [0.05, 0.1) is 11.3 Å². The molecule has 1 aromatic carbocycles. The molecule has 1 aliphatic heterocycles. The second-order valence-corrected chi connectivity index (χ2v) is 3.20. The van der Waals surface area contributed by atoms with Crippen LogP contribution in [0.1, 0.15) is 22.8 Å². The van der Waals surface area contributed by atoms with E-state index in [1.165, 1.54) is 6.92 Å². The lowest BCUT2D eigenvalue weighted by Crippen LogP contribution is -2.15. The predicted molar refractivity (Wildman–Crippen MR) is 51.9 cm³/mol. The number of rotatable bonds is 1. The molecule has 4 heteroatoms. The molecule has 2 N–H and O–H groups in total. The molecule has 0 fully saturated rings. The van der Waals surface area contributed by atoms with Gasteiger partial charge in [0.1, 0.15) is 0 Å². The summed E-state index contributed by atoms with van der Waals surface area (Å²) in [5, 5.41) is 5.34. The molecule has 4 nitrogen and oxygen atoms in total. The van der Waals surface area contributed by atoms with Gasteiger partial charge in [-0.1, -0.05) is 12.1 Å². The number of fused-ring (bicyclic) bond motifs is 1. The van der Waals surface area contributed by atoms with Crippen molar-refractivity contribution in [3.05, 3.63) is 29.3 Å². The van der Waals surface area contributed by atoms with E-state index >= 15 is 0 Å². The predicted octanol–water partition coefficient (Wildman–Crippen LogP) is 0.888. The topological polar surface area (TPSA) is 58.2 Å². The number of hydrogen-bond donors (Lipinski definition) is 2. The Labute approximate surface area is 81.3 Å². The second kappa shape index (κ2) is 3.14. The van der Waals surface area contributed by atoms with Crippen LogP contribution in [-0.2, 0) is 11.3 Å². The highest BCUT2D eigenvalue weighted by Crippen LogP contribution is 2.23. The zero-order valence-electron chi connectivity index (χ0n) is 7.76. The van der Waals surface area contributed by atoms with Crippen LogP contribution in [0, 0.1) is 0 Å². The molecular weight excluding hydrogens is 180 g/mol. The van der Waals surface area contributed by atoms with Gasteiger partial charge >= 0.3 is 0 Å². The molecule has 0 saturated heterocycles. The first-order valence-corrected chi connectivity index (χ1v) is 4.36. The van der Waals surface area contributed by atoms with Crippen molar-refractivity contribution < 1.29 is 9.59 Å². The van der Waals surface area contributed by atoms with Gasteiger partial charge in [-0.15, -0.1) is 0 Å². The molecule has 0 aromatic heterocycles. The average molecular weight is 190 g/mol. The minimum atomic E-state index is -0.168. The Kier molecular flexibility index (Phi) is 1.96. The van der Waals surface area contributed by atoms with Crippen LogP contribution in [0.5, 0.6) is 0 Å². The summed E-state index contributed by atoms with van der Waals surface area (Å²) in [6.07, 6.45) is 0. The second-order valence-electron chi connectivity index (χ2n) is 3.20. The van der Waals surface area contributed by atoms with Crippen LogP contribution >= 0.6 is 0 Å². The van der Waals surface area contributed by atoms with Gasteiger partial charge in [0.2, 0.25) is 5.91 Å². The van der Waals surface area contributed by atoms with Gasteiger partial charge < -0.3 is 10.6 Å². The van der Waals surface area contributed by atoms with Crippen LogP contribution in [0.25, 0.3) is 0 Å². The van der Waals surface area contributed by atoms with Gasteiger partial charge in [0, 0.05) is 13.5 Å². The van der Waals surface area contributed by atoms with Gasteiger partial charge in [-0.3, -0.25) is 9.59 Å². The van der Waals surface area contributed by atoms with Gasteiger partial charge in [0.15, 0.2) is 0 Å². The summed E-state index contributed by atoms with van der Waals surface area (Å²) >= 11 is 0. The van der Waals surface area contributed by atoms with E-state index < -0.39 is 0 Å². The fraction of sp³-hybridized carbons (Fsp3) is 0.200. The molecule has 72 valence electrons. The molecule has 2 rings (SSSR count). The van der Waals surface area contributed by atoms with Crippen molar-refractivity contribution >= 4 is 17.5 Å². The number of hydrogen-bond acceptors (Lipinski definition) is 2. The summed E-state index contributed by atoms with van der Waals surface area (Å²) in [5.74, 6) is -0.289. The zero-order chi connectivity index (χ0) is 10.1. The van der Waals surface area contributed by atoms with E-state index in [2.05, 4.69) is 10.6 Å². The van der Waals surface area contributed by atoms with Crippen molar-refractivity contribution in [2.24, 2.45) is 0 Å². The first-order valence-electron chi connectivity index (χ1n) is 4.36. The Balaban J connectivity index is 2.46. The average Bonchev–Trinajstić information content (AvgIpc) is 2.48. The third kappa shape index (κ3) is 1.35. The Hall–Kier alpha value is -1.84. The number of nitrogens with one attached hydrogen (secondary N) is 2. The van der Waals surface area contributed by atoms with E-state index in [-0.39, 0.29) is 11.8 Å². The van der Waals surface area contributed by atoms with Crippen molar-refractivity contribution in [1.82, 2.24) is 5.32 Å². The monoisotopic (exact) mass is 190 g/mol. The minimum absolute atomic E-state index is 0.121. The summed E-state index contributed by atoms with van der Waals surface area (Å²) in [4.78, 5) is 22.3. The molecule has 0 spiro atoms. The standard InChI is InChI=1S/C10H10N2O2/c1-6(13)12-8-4-2-3-7-5-11-10(14)9(7)8/h2-4H,5H2,1H3,(H,11,14)(H,12,13). The zero-order valence-corrected chi connectivity index (χ0v) is 7.76. The maximum Gasteiger partial charge on any atom is 0.254 e. The SMILES string of the molecule is CC(=O)Nc1cccc2c1C(=O)NC2. The van der Waals surface area contributed by atoms with Crippen LogP contribution < -0.4 is 10.6 Å². The number of anilines is 1. The van der Waals surface area contributed by atoms with Gasteiger partial charge in [0.25, 0.3) is 5.91 Å². The molecule has 1 heterocycles. The molecule has 14 heavy (non-hydrogen) atoms. The first kappa shape index (κ1) is 8.74. The molecule has 1 aromatic rings. The summed E-state index contributed by atoms with van der Waals surface area (Å²) in [5.41, 5.74) is 2.11. The highest BCUT2D eigenvalue weighted by atomic mass is 16.2. The molecular formula is C10H10N2O2. The number of carbonyl (C=O) groups excluding carboxylic acids is 2. The molecule has 0 bridgehead atoms. The third-order valence-corrected chi connectivity index (χ3v) is 2.13. The molecule has 0 aliphatic carbocycles. The minimum Gasteiger partial charge on any atom is -0.348 e. The van der Waals surface area contributed by atoms with Crippen molar-refractivity contribution in [2.45, 2.75) is 13.5 Å². The van der Waals surface area contributed by atoms with Crippen LogP contribution in [0.2, 0.25) is 0 Å². The van der Waals surface area contributed by atoms with Crippen LogP contribution in [0.4, 0.5) is 5.69 Å². The first-order chi connectivity index (χ1) is 6.68. The van der Waals surface area contributed by atoms with Crippen LogP contribution in [0.3, 0.4) is 0 Å². The lowest BCUT2D eigenvalue weighted by Gasteiger charge is -2.05. The van der Waals surface area contributed by atoms with Gasteiger partial charge in [-0.05, 0) is 11.6 Å². The summed E-state index contributed by atoms with van der Waals surface area (Å²) in [6.45, 7) is 1.97. The van der Waals surface area contributed by atoms with E-state index in [0.29, 0.717) is 17.8 Å². The molecule has 0 saturated carbocycles. The molecule has 0 atom stereocenters. The fourth-order valence-corrected chi connectivity index (χ4v) is 1.57. The molecule has 0 radical (unpaired) electrons. The largest absolute Gasteiger partial charge is 0.348 e. The Morgan fingerprint density at radius 1 is 1.50 bits per heavy atom. The highest BCUT2D eigenvalue weighted by Gasteiger charge is 2.22. The maximum atomic E-state index is 11.4. The number of carbonyl (C=O) groups is 2. The van der Waals surface area contributed by atoms with Gasteiger partial charge in [-0.2, -0.15) is 0 Å². The summed E-state index contributed by atoms with van der Waals surface area (Å²) in [6, 6.07) is 5.42. The van der Waals surface area contributed by atoms with E-state index in [0.717, 1.165) is 5.56 Å². The maximum absolute atomic E-state index is 11.4. The van der Waals surface area contributed by atoms with Crippen LogP contribution in [-0.4, -0.2) is 11.8 Å². The Bertz CT molecular complexity index is 413. The van der Waals surface area contributed by atoms with E-state index in [9.17, 15) is 9.59 Å². The van der Waals surface area contributed by atoms with E-state index in [4.69, 9.17) is 0 Å². The summed E-state index contributed by atoms with van der Waals surface area (Å²) < 4.78 is 0.